The van der Waals surface area contributed by atoms with Gasteiger partial charge in [-0.05, 0) is 44.5 Å². The highest BCUT2D eigenvalue weighted by atomic mass is 16.3. The third-order valence-corrected chi connectivity index (χ3v) is 3.41. The standard InChI is InChI=1S/C15H17NO3/c1-3-10(2)8-11-9-14(18)16(15(11)19)12-4-6-13(17)7-5-12/h3-7,11,17H,8-9H2,1-2H3/b10-3-. The van der Waals surface area contributed by atoms with Crippen molar-refractivity contribution in [1.82, 2.24) is 0 Å². The van der Waals surface area contributed by atoms with Crippen molar-refractivity contribution in [3.05, 3.63) is 35.9 Å². The number of allylic oxidation sites excluding steroid dienone is 2. The van der Waals surface area contributed by atoms with Crippen LogP contribution < -0.4 is 4.90 Å². The number of rotatable bonds is 3. The molecular formula is C15H17NO3. The number of hydrogen-bond acceptors (Lipinski definition) is 3. The maximum absolute atomic E-state index is 12.3. The maximum Gasteiger partial charge on any atom is 0.237 e. The summed E-state index contributed by atoms with van der Waals surface area (Å²) >= 11 is 0. The lowest BCUT2D eigenvalue weighted by Gasteiger charge is -2.15. The molecule has 1 unspecified atom stereocenters. The normalized spacial score (nSPS) is 20.2. The molecule has 1 N–H and O–H groups in total. The lowest BCUT2D eigenvalue weighted by atomic mass is 9.99. The molecule has 19 heavy (non-hydrogen) atoms. The Balaban J connectivity index is 2.21. The van der Waals surface area contributed by atoms with E-state index < -0.39 is 0 Å². The molecule has 1 aliphatic heterocycles. The van der Waals surface area contributed by atoms with E-state index in [4.69, 9.17) is 0 Å². The summed E-state index contributed by atoms with van der Waals surface area (Å²) in [6.07, 6.45) is 2.83. The van der Waals surface area contributed by atoms with Crippen molar-refractivity contribution in [1.29, 1.82) is 0 Å². The molecule has 0 radical (unpaired) electrons. The largest absolute Gasteiger partial charge is 0.508 e. The average molecular weight is 259 g/mol. The Morgan fingerprint density at radius 1 is 1.37 bits per heavy atom. The molecule has 4 heteroatoms. The van der Waals surface area contributed by atoms with Gasteiger partial charge >= 0.3 is 0 Å². The number of hydrogen-bond donors (Lipinski definition) is 1. The van der Waals surface area contributed by atoms with Gasteiger partial charge in [-0.2, -0.15) is 0 Å². The summed E-state index contributed by atoms with van der Waals surface area (Å²) in [7, 11) is 0. The Morgan fingerprint density at radius 3 is 2.58 bits per heavy atom. The minimum absolute atomic E-state index is 0.115. The number of phenols is 1. The molecule has 0 bridgehead atoms. The van der Waals surface area contributed by atoms with Gasteiger partial charge in [0, 0.05) is 6.42 Å². The van der Waals surface area contributed by atoms with E-state index in [0.29, 0.717) is 12.1 Å². The number of phenolic OH excluding ortho intramolecular Hbond substituents is 1. The summed E-state index contributed by atoms with van der Waals surface area (Å²) in [6.45, 7) is 3.88. The van der Waals surface area contributed by atoms with E-state index in [1.54, 1.807) is 12.1 Å². The number of carbonyl (C=O) groups is 2. The zero-order chi connectivity index (χ0) is 14.0. The van der Waals surface area contributed by atoms with Gasteiger partial charge in [-0.1, -0.05) is 11.6 Å². The van der Waals surface area contributed by atoms with Crippen LogP contribution in [0.25, 0.3) is 0 Å². The Labute approximate surface area is 112 Å². The summed E-state index contributed by atoms with van der Waals surface area (Å²) < 4.78 is 0. The van der Waals surface area contributed by atoms with Crippen LogP contribution in [0.3, 0.4) is 0 Å². The topological polar surface area (TPSA) is 57.6 Å². The highest BCUT2D eigenvalue weighted by Gasteiger charge is 2.39. The van der Waals surface area contributed by atoms with Crippen LogP contribution in [0.2, 0.25) is 0 Å². The molecule has 2 amide bonds. The molecule has 0 spiro atoms. The third-order valence-electron chi connectivity index (χ3n) is 3.41. The van der Waals surface area contributed by atoms with Gasteiger partial charge in [-0.15, -0.1) is 0 Å². The molecule has 2 rings (SSSR count). The van der Waals surface area contributed by atoms with E-state index in [1.165, 1.54) is 17.0 Å². The van der Waals surface area contributed by atoms with Crippen molar-refractivity contribution < 1.29 is 14.7 Å². The van der Waals surface area contributed by atoms with Gasteiger partial charge < -0.3 is 5.11 Å². The number of nitrogens with zero attached hydrogens (tertiary/aromatic N) is 1. The fourth-order valence-corrected chi connectivity index (χ4v) is 2.23. The smallest absolute Gasteiger partial charge is 0.237 e. The third kappa shape index (κ3) is 2.67. The second-order valence-corrected chi connectivity index (χ2v) is 4.82. The number of anilines is 1. The molecule has 100 valence electrons. The van der Waals surface area contributed by atoms with Gasteiger partial charge in [-0.3, -0.25) is 14.5 Å². The van der Waals surface area contributed by atoms with E-state index >= 15 is 0 Å². The quantitative estimate of drug-likeness (QED) is 0.670. The monoisotopic (exact) mass is 259 g/mol. The van der Waals surface area contributed by atoms with Crippen molar-refractivity contribution in [2.24, 2.45) is 5.92 Å². The zero-order valence-electron chi connectivity index (χ0n) is 11.1. The average Bonchev–Trinajstić information content (AvgIpc) is 2.66. The predicted molar refractivity (Wildman–Crippen MR) is 72.8 cm³/mol. The van der Waals surface area contributed by atoms with E-state index in [2.05, 4.69) is 0 Å². The number of carbonyl (C=O) groups excluding carboxylic acids is 2. The van der Waals surface area contributed by atoms with Crippen LogP contribution in [0.15, 0.2) is 35.9 Å². The van der Waals surface area contributed by atoms with Gasteiger partial charge in [0.05, 0.1) is 11.6 Å². The molecule has 0 aliphatic carbocycles. The molecule has 4 nitrogen and oxygen atoms in total. The molecule has 1 aromatic carbocycles. The summed E-state index contributed by atoms with van der Waals surface area (Å²) in [5.41, 5.74) is 1.63. The Bertz CT molecular complexity index is 531. The van der Waals surface area contributed by atoms with Crippen molar-refractivity contribution in [3.8, 4) is 5.75 Å². The summed E-state index contributed by atoms with van der Waals surface area (Å²) in [6, 6.07) is 6.10. The van der Waals surface area contributed by atoms with Gasteiger partial charge in [0.1, 0.15) is 5.75 Å². The minimum atomic E-state index is -0.266. The second-order valence-electron chi connectivity index (χ2n) is 4.82. The van der Waals surface area contributed by atoms with E-state index in [1.807, 2.05) is 19.9 Å². The van der Waals surface area contributed by atoms with Crippen molar-refractivity contribution in [2.75, 3.05) is 4.90 Å². The maximum atomic E-state index is 12.3. The Morgan fingerprint density at radius 2 is 2.00 bits per heavy atom. The molecule has 1 heterocycles. The SMILES string of the molecule is C/C=C(/C)CC1CC(=O)N(c2ccc(O)cc2)C1=O. The molecule has 1 aromatic rings. The molecule has 1 aliphatic rings. The highest BCUT2D eigenvalue weighted by Crippen LogP contribution is 2.30. The van der Waals surface area contributed by atoms with Crippen LogP contribution in [-0.2, 0) is 9.59 Å². The molecule has 1 fully saturated rings. The summed E-state index contributed by atoms with van der Waals surface area (Å²) in [4.78, 5) is 25.5. The van der Waals surface area contributed by atoms with Crippen LogP contribution in [0.1, 0.15) is 26.7 Å². The van der Waals surface area contributed by atoms with Crippen molar-refractivity contribution >= 4 is 17.5 Å². The first-order chi connectivity index (χ1) is 9.02. The number of imide groups is 1. The fraction of sp³-hybridized carbons (Fsp3) is 0.333. The number of aromatic hydroxyl groups is 1. The van der Waals surface area contributed by atoms with Crippen molar-refractivity contribution in [3.63, 3.8) is 0 Å². The van der Waals surface area contributed by atoms with Crippen LogP contribution in [-0.4, -0.2) is 16.9 Å². The highest BCUT2D eigenvalue weighted by molar-refractivity contribution is 6.21. The second kappa shape index (κ2) is 5.26. The van der Waals surface area contributed by atoms with Gasteiger partial charge in [0.2, 0.25) is 11.8 Å². The van der Waals surface area contributed by atoms with Crippen molar-refractivity contribution in [2.45, 2.75) is 26.7 Å². The molecule has 1 saturated heterocycles. The number of benzene rings is 1. The summed E-state index contributed by atoms with van der Waals surface area (Å²) in [5.74, 6) is -0.483. The number of amides is 2. The predicted octanol–water partition coefficient (Wildman–Crippen LogP) is 2.63. The molecule has 0 aromatic heterocycles. The van der Waals surface area contributed by atoms with Crippen LogP contribution in [0, 0.1) is 5.92 Å². The lowest BCUT2D eigenvalue weighted by molar-refractivity contribution is -0.122. The first-order valence-electron chi connectivity index (χ1n) is 6.30. The first-order valence-corrected chi connectivity index (χ1v) is 6.30. The molecular weight excluding hydrogens is 242 g/mol. The van der Waals surface area contributed by atoms with E-state index in [9.17, 15) is 14.7 Å². The van der Waals surface area contributed by atoms with Gasteiger partial charge in [0.25, 0.3) is 0 Å². The zero-order valence-corrected chi connectivity index (χ0v) is 11.1. The summed E-state index contributed by atoms with van der Waals surface area (Å²) in [5, 5.41) is 9.24. The molecule has 1 atom stereocenters. The van der Waals surface area contributed by atoms with E-state index in [0.717, 1.165) is 5.57 Å². The Hall–Kier alpha value is -2.10. The van der Waals surface area contributed by atoms with Crippen LogP contribution >= 0.6 is 0 Å². The van der Waals surface area contributed by atoms with Gasteiger partial charge in [-0.25, -0.2) is 0 Å². The minimum Gasteiger partial charge on any atom is -0.508 e. The fourth-order valence-electron chi connectivity index (χ4n) is 2.23. The molecule has 0 saturated carbocycles. The van der Waals surface area contributed by atoms with Crippen LogP contribution in [0.5, 0.6) is 5.75 Å². The van der Waals surface area contributed by atoms with Gasteiger partial charge in [0.15, 0.2) is 0 Å². The van der Waals surface area contributed by atoms with Crippen LogP contribution in [0.4, 0.5) is 5.69 Å². The lowest BCUT2D eigenvalue weighted by Crippen LogP contribution is -2.30. The van der Waals surface area contributed by atoms with E-state index in [-0.39, 0.29) is 29.9 Å². The Kier molecular flexibility index (Phi) is 3.69. The first kappa shape index (κ1) is 13.3.